The molecule has 1 saturated heterocycles. The van der Waals surface area contributed by atoms with Crippen LogP contribution in [0.15, 0.2) is 0 Å². The van der Waals surface area contributed by atoms with Gasteiger partial charge in [0, 0.05) is 29.4 Å². The van der Waals surface area contributed by atoms with E-state index in [-0.39, 0.29) is 5.13 Å². The minimum absolute atomic E-state index is 0.250. The van der Waals surface area contributed by atoms with Crippen LogP contribution in [0.25, 0.3) is 12.2 Å². The molecule has 0 atom stereocenters. The third-order valence-corrected chi connectivity index (χ3v) is 5.34. The van der Waals surface area contributed by atoms with Crippen LogP contribution in [0.2, 0.25) is 0 Å². The Morgan fingerprint density at radius 2 is 2.08 bits per heavy atom. The van der Waals surface area contributed by atoms with Crippen LogP contribution < -0.4 is 20.4 Å². The molecule has 25 heavy (non-hydrogen) atoms. The average molecular weight is 368 g/mol. The van der Waals surface area contributed by atoms with Crippen molar-refractivity contribution in [1.82, 2.24) is 4.90 Å². The molecule has 0 aromatic carbocycles. The molecule has 2 N–H and O–H groups in total. The molecule has 2 heterocycles. The molecule has 1 aromatic heterocycles. The van der Waals surface area contributed by atoms with Gasteiger partial charge in [-0.25, -0.2) is 4.39 Å². The predicted molar refractivity (Wildman–Crippen MR) is 103 cm³/mol. The Morgan fingerprint density at radius 1 is 1.24 bits per heavy atom. The smallest absolute Gasteiger partial charge is 0.201 e. The van der Waals surface area contributed by atoms with Crippen molar-refractivity contribution in [2.45, 2.75) is 26.2 Å². The summed E-state index contributed by atoms with van der Waals surface area (Å²) in [7, 11) is 0. The Balaban J connectivity index is 2.23. The molecule has 0 aliphatic carbocycles. The van der Waals surface area contributed by atoms with Gasteiger partial charge < -0.3 is 15.5 Å². The molecule has 3 nitrogen and oxygen atoms in total. The minimum atomic E-state index is -0.602. The highest BCUT2D eigenvalue weighted by Crippen LogP contribution is 2.19. The molecule has 0 saturated carbocycles. The molecule has 1 aliphatic heterocycles. The first-order chi connectivity index (χ1) is 12.2. The number of alkyl halides is 1. The van der Waals surface area contributed by atoms with E-state index >= 15 is 0 Å². The summed E-state index contributed by atoms with van der Waals surface area (Å²) in [6.07, 6.45) is 6.26. The zero-order chi connectivity index (χ0) is 18.1. The van der Waals surface area contributed by atoms with Gasteiger partial charge in [0.05, 0.1) is 5.69 Å². The summed E-state index contributed by atoms with van der Waals surface area (Å²) in [6.45, 7) is 6.40. The third-order valence-electron chi connectivity index (χ3n) is 4.36. The monoisotopic (exact) mass is 367 g/mol. The van der Waals surface area contributed by atoms with E-state index in [0.29, 0.717) is 15.4 Å². The van der Waals surface area contributed by atoms with Crippen molar-refractivity contribution in [3.8, 4) is 11.8 Å². The molecule has 6 heteroatoms. The van der Waals surface area contributed by atoms with Crippen LogP contribution in [0.3, 0.4) is 0 Å². The first-order valence-electron chi connectivity index (χ1n) is 8.85. The first kappa shape index (κ1) is 19.9. The number of anilines is 1. The number of hydrogen-bond acceptors (Lipinski definition) is 4. The summed E-state index contributed by atoms with van der Waals surface area (Å²) in [5.74, 6) is 5.69. The number of nitrogens with zero attached hydrogens (tertiary/aromatic N) is 2. The normalized spacial score (nSPS) is 17.5. The van der Waals surface area contributed by atoms with Crippen LogP contribution in [0.1, 0.15) is 26.2 Å². The zero-order valence-electron chi connectivity index (χ0n) is 14.9. The molecule has 0 unspecified atom stereocenters. The number of halogens is 2. The molecule has 0 radical (unpaired) electrons. The van der Waals surface area contributed by atoms with Crippen molar-refractivity contribution in [3.05, 3.63) is 14.9 Å². The van der Waals surface area contributed by atoms with Crippen LogP contribution in [-0.4, -0.2) is 50.8 Å². The van der Waals surface area contributed by atoms with Crippen molar-refractivity contribution >= 4 is 29.2 Å². The lowest BCUT2D eigenvalue weighted by Gasteiger charge is -2.23. The molecule has 1 aliphatic rings. The predicted octanol–water partition coefficient (Wildman–Crippen LogP) is 1.69. The Morgan fingerprint density at radius 3 is 2.80 bits per heavy atom. The van der Waals surface area contributed by atoms with Gasteiger partial charge in [-0.1, -0.05) is 5.92 Å². The summed E-state index contributed by atoms with van der Waals surface area (Å²) >= 11 is 1.00. The topological polar surface area (TPSA) is 32.5 Å². The van der Waals surface area contributed by atoms with Gasteiger partial charge >= 0.3 is 0 Å². The number of nitrogens with two attached hydrogens (primary N) is 1. The van der Waals surface area contributed by atoms with E-state index in [0.717, 1.165) is 69.9 Å². The number of thiophene rings is 1. The number of unbranched alkanes of at least 4 members (excludes halogenated alkanes) is 1. The summed E-state index contributed by atoms with van der Waals surface area (Å²) < 4.78 is 28.0. The van der Waals surface area contributed by atoms with Crippen molar-refractivity contribution in [3.63, 3.8) is 0 Å². The summed E-state index contributed by atoms with van der Waals surface area (Å²) in [5, 5.41) is 0.464. The van der Waals surface area contributed by atoms with E-state index in [1.165, 1.54) is 6.08 Å². The number of hydrogen-bond donors (Lipinski definition) is 1. The van der Waals surface area contributed by atoms with Crippen molar-refractivity contribution in [2.24, 2.45) is 5.73 Å². The van der Waals surface area contributed by atoms with Crippen molar-refractivity contribution in [1.29, 1.82) is 0 Å². The second kappa shape index (κ2) is 10.5. The van der Waals surface area contributed by atoms with Gasteiger partial charge in [0.2, 0.25) is 5.13 Å². The Kier molecular flexibility index (Phi) is 8.39. The van der Waals surface area contributed by atoms with Gasteiger partial charge in [-0.05, 0) is 58.0 Å². The van der Waals surface area contributed by atoms with E-state index < -0.39 is 6.67 Å². The zero-order valence-corrected chi connectivity index (χ0v) is 15.7. The van der Waals surface area contributed by atoms with Crippen molar-refractivity contribution in [2.75, 3.05) is 50.8 Å². The van der Waals surface area contributed by atoms with Crippen LogP contribution >= 0.6 is 11.3 Å². The summed E-state index contributed by atoms with van der Waals surface area (Å²) in [5.41, 5.74) is 6.14. The van der Waals surface area contributed by atoms with Gasteiger partial charge in [0.1, 0.15) is 6.67 Å². The largest absolute Gasteiger partial charge is 0.367 e. The third kappa shape index (κ3) is 5.53. The Labute approximate surface area is 152 Å². The van der Waals surface area contributed by atoms with Crippen LogP contribution in [-0.2, 0) is 0 Å². The molecule has 138 valence electrons. The average Bonchev–Trinajstić information content (AvgIpc) is 2.76. The standard InChI is InChI=1S/C19H27F2N3S/c1-2-3-7-16-17(8-9-20)25-19(21)18(16)24-13-6-12-23(14-15-24)11-5-4-10-22/h7-8H,4-6,9-15,22H2,1H3/b16-7+,17-8+. The molecule has 2 rings (SSSR count). The summed E-state index contributed by atoms with van der Waals surface area (Å²) in [6, 6.07) is 0. The fraction of sp³-hybridized carbons (Fsp3) is 0.579. The summed E-state index contributed by atoms with van der Waals surface area (Å²) in [4.78, 5) is 4.51. The van der Waals surface area contributed by atoms with Crippen LogP contribution in [0.5, 0.6) is 0 Å². The lowest BCUT2D eigenvalue weighted by atomic mass is 10.2. The Bertz CT molecular complexity index is 717. The highest BCUT2D eigenvalue weighted by Gasteiger charge is 2.20. The van der Waals surface area contributed by atoms with Crippen LogP contribution in [0.4, 0.5) is 14.5 Å². The molecular weight excluding hydrogens is 340 g/mol. The fourth-order valence-electron chi connectivity index (χ4n) is 3.12. The number of rotatable bonds is 6. The molecule has 0 bridgehead atoms. The highest BCUT2D eigenvalue weighted by molar-refractivity contribution is 7.08. The van der Waals surface area contributed by atoms with E-state index in [4.69, 9.17) is 5.73 Å². The maximum atomic E-state index is 14.6. The highest BCUT2D eigenvalue weighted by atomic mass is 32.1. The Hall–Kier alpha value is -1.42. The first-order valence-corrected chi connectivity index (χ1v) is 9.67. The lowest BCUT2D eigenvalue weighted by molar-refractivity contribution is 0.288. The van der Waals surface area contributed by atoms with Gasteiger partial charge in [-0.3, -0.25) is 0 Å². The van der Waals surface area contributed by atoms with E-state index in [9.17, 15) is 8.78 Å². The van der Waals surface area contributed by atoms with E-state index in [2.05, 4.69) is 21.6 Å². The molecular formula is C19H27F2N3S. The van der Waals surface area contributed by atoms with Gasteiger partial charge in [-0.2, -0.15) is 4.39 Å². The van der Waals surface area contributed by atoms with Gasteiger partial charge in [0.15, 0.2) is 0 Å². The van der Waals surface area contributed by atoms with Crippen molar-refractivity contribution < 1.29 is 8.78 Å². The minimum Gasteiger partial charge on any atom is -0.367 e. The van der Waals surface area contributed by atoms with Crippen LogP contribution in [0, 0.1) is 17.0 Å². The molecule has 0 amide bonds. The maximum Gasteiger partial charge on any atom is 0.201 e. The molecule has 1 aromatic rings. The van der Waals surface area contributed by atoms with E-state index in [1.54, 1.807) is 13.0 Å². The SMILES string of the molecule is CC#C/C=c1/c(N2CCCN(CCCCN)CC2)c(F)s/c1=C/CF. The van der Waals surface area contributed by atoms with E-state index in [1.807, 2.05) is 0 Å². The fourth-order valence-corrected chi connectivity index (χ4v) is 4.06. The second-order valence-electron chi connectivity index (χ2n) is 6.08. The lowest BCUT2D eigenvalue weighted by Crippen LogP contribution is -2.35. The quantitative estimate of drug-likeness (QED) is 0.614. The van der Waals surface area contributed by atoms with Gasteiger partial charge in [0.25, 0.3) is 0 Å². The maximum absolute atomic E-state index is 14.6. The second-order valence-corrected chi connectivity index (χ2v) is 7.08. The molecule has 0 spiro atoms. The van der Waals surface area contributed by atoms with Gasteiger partial charge in [-0.15, -0.1) is 17.3 Å². The molecule has 1 fully saturated rings.